The van der Waals surface area contributed by atoms with E-state index in [1.807, 2.05) is 13.1 Å². The van der Waals surface area contributed by atoms with E-state index < -0.39 is 10.0 Å². The minimum atomic E-state index is -3.86. The topological polar surface area (TPSA) is 86.1 Å². The molecular formula is C16H14BrClN4O3S2. The van der Waals surface area contributed by atoms with Crippen molar-refractivity contribution in [3.63, 3.8) is 0 Å². The summed E-state index contributed by atoms with van der Waals surface area (Å²) in [6.45, 7) is 0. The third kappa shape index (κ3) is 4.57. The van der Waals surface area contributed by atoms with E-state index in [2.05, 4.69) is 30.8 Å². The van der Waals surface area contributed by atoms with E-state index in [0.29, 0.717) is 21.5 Å². The lowest BCUT2D eigenvalue weighted by Crippen LogP contribution is -2.13. The number of benzene rings is 2. The molecular weight excluding hydrogens is 476 g/mol. The maximum absolute atomic E-state index is 12.8. The highest BCUT2D eigenvalue weighted by Gasteiger charge is 2.19. The van der Waals surface area contributed by atoms with Gasteiger partial charge in [0.25, 0.3) is 10.0 Å². The first-order valence-corrected chi connectivity index (χ1v) is 10.9. The van der Waals surface area contributed by atoms with Gasteiger partial charge in [0.15, 0.2) is 5.16 Å². The van der Waals surface area contributed by atoms with Crippen LogP contribution in [0.3, 0.4) is 0 Å². The van der Waals surface area contributed by atoms with Gasteiger partial charge in [-0.25, -0.2) is 8.42 Å². The number of aryl methyl sites for hydroxylation is 1. The Hall–Kier alpha value is -1.75. The minimum absolute atomic E-state index is 0.0304. The van der Waals surface area contributed by atoms with Gasteiger partial charge in [-0.3, -0.25) is 4.72 Å². The summed E-state index contributed by atoms with van der Waals surface area (Å²) in [6.07, 6.45) is 1.57. The van der Waals surface area contributed by atoms with Crippen molar-refractivity contribution in [2.75, 3.05) is 11.8 Å². The fourth-order valence-corrected chi connectivity index (χ4v) is 4.83. The number of nitrogens with zero attached hydrogens (tertiary/aromatic N) is 3. The second kappa shape index (κ2) is 8.09. The summed E-state index contributed by atoms with van der Waals surface area (Å²) in [5.41, 5.74) is 0.407. The summed E-state index contributed by atoms with van der Waals surface area (Å²) in [6, 6.07) is 9.58. The van der Waals surface area contributed by atoms with Crippen LogP contribution in [0.15, 0.2) is 62.1 Å². The maximum atomic E-state index is 12.8. The molecule has 0 aliphatic rings. The Morgan fingerprint density at radius 1 is 1.26 bits per heavy atom. The molecule has 0 atom stereocenters. The number of nitrogens with one attached hydrogen (secondary N) is 1. The molecule has 3 rings (SSSR count). The van der Waals surface area contributed by atoms with Crippen molar-refractivity contribution in [2.24, 2.45) is 7.05 Å². The number of halogens is 2. The molecule has 0 saturated heterocycles. The van der Waals surface area contributed by atoms with Crippen LogP contribution in [0.1, 0.15) is 0 Å². The highest BCUT2D eigenvalue weighted by molar-refractivity contribution is 9.10. The number of hydrogen-bond acceptors (Lipinski definition) is 6. The van der Waals surface area contributed by atoms with Crippen molar-refractivity contribution in [1.29, 1.82) is 0 Å². The summed E-state index contributed by atoms with van der Waals surface area (Å²) in [5.74, 6) is 0.400. The van der Waals surface area contributed by atoms with Crippen LogP contribution >= 0.6 is 39.3 Å². The molecule has 0 unspecified atom stereocenters. The predicted molar refractivity (Wildman–Crippen MR) is 108 cm³/mol. The third-order valence-electron chi connectivity index (χ3n) is 3.49. The van der Waals surface area contributed by atoms with Crippen LogP contribution in [0.2, 0.25) is 5.02 Å². The molecule has 11 heteroatoms. The Kier molecular flexibility index (Phi) is 5.99. The molecule has 1 heterocycles. The van der Waals surface area contributed by atoms with Crippen LogP contribution in [-0.4, -0.2) is 30.3 Å². The number of methoxy groups -OCH3 is 1. The Morgan fingerprint density at radius 3 is 2.67 bits per heavy atom. The molecule has 0 bridgehead atoms. The van der Waals surface area contributed by atoms with Crippen LogP contribution in [0.25, 0.3) is 0 Å². The first-order chi connectivity index (χ1) is 12.8. The van der Waals surface area contributed by atoms with Crippen molar-refractivity contribution in [3.8, 4) is 5.75 Å². The van der Waals surface area contributed by atoms with E-state index in [0.717, 1.165) is 4.47 Å². The van der Waals surface area contributed by atoms with Gasteiger partial charge in [0.2, 0.25) is 0 Å². The van der Waals surface area contributed by atoms with Crippen molar-refractivity contribution in [1.82, 2.24) is 14.8 Å². The summed E-state index contributed by atoms with van der Waals surface area (Å²) >= 11 is 10.7. The quantitative estimate of drug-likeness (QED) is 0.559. The van der Waals surface area contributed by atoms with Crippen molar-refractivity contribution >= 4 is 55.0 Å². The number of hydrogen-bond donors (Lipinski definition) is 1. The number of rotatable bonds is 6. The maximum Gasteiger partial charge on any atom is 0.261 e. The first-order valence-electron chi connectivity index (χ1n) is 7.48. The number of ether oxygens (including phenoxy) is 1. The average molecular weight is 490 g/mol. The standard InChI is InChI=1S/C16H14BrClN4O3S2/c1-22-9-19-20-16(22)26-15-6-3-10(17)7-13(15)21-27(23,24)11-4-5-14(25-2)12(18)8-11/h3-9,21H,1-2H3. The van der Waals surface area contributed by atoms with E-state index in [4.69, 9.17) is 16.3 Å². The number of anilines is 1. The van der Waals surface area contributed by atoms with Gasteiger partial charge in [0.1, 0.15) is 12.1 Å². The summed E-state index contributed by atoms with van der Waals surface area (Å²) in [5, 5.41) is 8.69. The van der Waals surface area contributed by atoms with Crippen LogP contribution in [0.4, 0.5) is 5.69 Å². The van der Waals surface area contributed by atoms with Gasteiger partial charge in [0.05, 0.1) is 22.7 Å². The molecule has 27 heavy (non-hydrogen) atoms. The molecule has 3 aromatic rings. The molecule has 1 aromatic heterocycles. The zero-order valence-corrected chi connectivity index (χ0v) is 18.2. The van der Waals surface area contributed by atoms with Gasteiger partial charge in [-0.2, -0.15) is 0 Å². The van der Waals surface area contributed by atoms with Crippen LogP contribution in [0, 0.1) is 0 Å². The lowest BCUT2D eigenvalue weighted by atomic mass is 10.3. The molecule has 142 valence electrons. The lowest BCUT2D eigenvalue weighted by Gasteiger charge is -2.13. The fourth-order valence-electron chi connectivity index (χ4n) is 2.15. The molecule has 0 spiro atoms. The molecule has 0 radical (unpaired) electrons. The van der Waals surface area contributed by atoms with Gasteiger partial charge < -0.3 is 9.30 Å². The van der Waals surface area contributed by atoms with Crippen LogP contribution in [-0.2, 0) is 17.1 Å². The number of aromatic nitrogens is 3. The minimum Gasteiger partial charge on any atom is -0.495 e. The monoisotopic (exact) mass is 488 g/mol. The molecule has 2 aromatic carbocycles. The molecule has 0 amide bonds. The van der Waals surface area contributed by atoms with Crippen LogP contribution in [0.5, 0.6) is 5.75 Å². The van der Waals surface area contributed by atoms with Gasteiger partial charge in [-0.05, 0) is 48.2 Å². The van der Waals surface area contributed by atoms with E-state index in [-0.39, 0.29) is 9.92 Å². The van der Waals surface area contributed by atoms with Gasteiger partial charge in [-0.1, -0.05) is 27.5 Å². The Morgan fingerprint density at radius 2 is 2.04 bits per heavy atom. The summed E-state index contributed by atoms with van der Waals surface area (Å²) in [7, 11) is -0.583. The SMILES string of the molecule is COc1ccc(S(=O)(=O)Nc2cc(Br)ccc2Sc2nncn2C)cc1Cl. The van der Waals surface area contributed by atoms with Gasteiger partial charge in [0, 0.05) is 16.4 Å². The molecule has 0 aliphatic carbocycles. The van der Waals surface area contributed by atoms with Crippen molar-refractivity contribution < 1.29 is 13.2 Å². The summed E-state index contributed by atoms with van der Waals surface area (Å²) in [4.78, 5) is 0.709. The molecule has 0 fully saturated rings. The molecule has 1 N–H and O–H groups in total. The Labute approximate surface area is 174 Å². The average Bonchev–Trinajstić information content (AvgIpc) is 3.01. The molecule has 7 nitrogen and oxygen atoms in total. The van der Waals surface area contributed by atoms with E-state index in [9.17, 15) is 8.42 Å². The first kappa shape index (κ1) is 20.0. The van der Waals surface area contributed by atoms with Gasteiger partial charge in [-0.15, -0.1) is 10.2 Å². The normalized spacial score (nSPS) is 11.4. The van der Waals surface area contributed by atoms with Crippen molar-refractivity contribution in [2.45, 2.75) is 14.9 Å². The molecule has 0 aliphatic heterocycles. The molecule has 0 saturated carbocycles. The third-order valence-corrected chi connectivity index (χ3v) is 6.77. The van der Waals surface area contributed by atoms with Crippen LogP contribution < -0.4 is 9.46 Å². The highest BCUT2D eigenvalue weighted by atomic mass is 79.9. The second-order valence-corrected chi connectivity index (χ2v) is 9.38. The lowest BCUT2D eigenvalue weighted by molar-refractivity contribution is 0.414. The van der Waals surface area contributed by atoms with E-state index >= 15 is 0 Å². The zero-order chi connectivity index (χ0) is 19.6. The fraction of sp³-hybridized carbons (Fsp3) is 0.125. The van der Waals surface area contributed by atoms with Gasteiger partial charge >= 0.3 is 0 Å². The second-order valence-electron chi connectivity index (χ2n) is 5.37. The largest absolute Gasteiger partial charge is 0.495 e. The smallest absolute Gasteiger partial charge is 0.261 e. The predicted octanol–water partition coefficient (Wildman–Crippen LogP) is 4.19. The van der Waals surface area contributed by atoms with E-state index in [1.54, 1.807) is 23.0 Å². The highest BCUT2D eigenvalue weighted by Crippen LogP contribution is 2.36. The van der Waals surface area contributed by atoms with E-state index in [1.165, 1.54) is 37.1 Å². The Balaban J connectivity index is 1.95. The Bertz CT molecular complexity index is 1090. The zero-order valence-electron chi connectivity index (χ0n) is 14.2. The summed E-state index contributed by atoms with van der Waals surface area (Å²) < 4.78 is 35.8. The number of sulfonamides is 1. The van der Waals surface area contributed by atoms with Crippen molar-refractivity contribution in [3.05, 3.63) is 52.2 Å².